The molecule has 0 aromatic heterocycles. The van der Waals surface area contributed by atoms with Gasteiger partial charge in [0, 0.05) is 21.4 Å². The first-order valence-corrected chi connectivity index (χ1v) is 8.60. The van der Waals surface area contributed by atoms with Crippen LogP contribution in [0.5, 0.6) is 0 Å². The van der Waals surface area contributed by atoms with E-state index in [1.54, 1.807) is 6.92 Å². The SMILES string of the molecule is Cc1cc(F)c([N+](=O)[O-])cc1SSc1ccc(F)c([N+](=O)[O-])c1C. The van der Waals surface area contributed by atoms with Crippen LogP contribution in [0.25, 0.3) is 0 Å². The highest BCUT2D eigenvalue weighted by Gasteiger charge is 2.22. The van der Waals surface area contributed by atoms with Crippen molar-refractivity contribution in [1.29, 1.82) is 0 Å². The Morgan fingerprint density at radius 3 is 2.12 bits per heavy atom. The minimum Gasteiger partial charge on any atom is -0.258 e. The van der Waals surface area contributed by atoms with Crippen molar-refractivity contribution in [1.82, 2.24) is 0 Å². The number of halogens is 2. The minimum absolute atomic E-state index is 0.159. The molecule has 2 aromatic rings. The monoisotopic (exact) mass is 372 g/mol. The smallest absolute Gasteiger partial charge is 0.258 e. The molecular formula is C14H10F2N2O4S2. The summed E-state index contributed by atoms with van der Waals surface area (Å²) in [7, 11) is 2.16. The van der Waals surface area contributed by atoms with Gasteiger partial charge in [-0.3, -0.25) is 20.2 Å². The van der Waals surface area contributed by atoms with Gasteiger partial charge in [-0.2, -0.15) is 8.78 Å². The molecule has 0 unspecified atom stereocenters. The van der Waals surface area contributed by atoms with Crippen molar-refractivity contribution in [2.45, 2.75) is 23.6 Å². The summed E-state index contributed by atoms with van der Waals surface area (Å²) in [5.74, 6) is -1.86. The van der Waals surface area contributed by atoms with Crippen LogP contribution in [0, 0.1) is 45.7 Å². The Balaban J connectivity index is 2.32. The third-order valence-corrected chi connectivity index (χ3v) is 5.83. The summed E-state index contributed by atoms with van der Waals surface area (Å²) in [6.07, 6.45) is 0. The first-order chi connectivity index (χ1) is 11.2. The Morgan fingerprint density at radius 1 is 0.917 bits per heavy atom. The van der Waals surface area contributed by atoms with Gasteiger partial charge in [-0.1, -0.05) is 21.6 Å². The van der Waals surface area contributed by atoms with Crippen LogP contribution in [0.3, 0.4) is 0 Å². The second-order valence-electron chi connectivity index (χ2n) is 4.77. The fourth-order valence-electron chi connectivity index (χ4n) is 1.92. The third-order valence-electron chi connectivity index (χ3n) is 3.18. The number of benzene rings is 2. The van der Waals surface area contributed by atoms with Crippen molar-refractivity contribution in [3.05, 3.63) is 67.3 Å². The van der Waals surface area contributed by atoms with Gasteiger partial charge in [0.05, 0.1) is 9.85 Å². The van der Waals surface area contributed by atoms with E-state index < -0.39 is 32.9 Å². The summed E-state index contributed by atoms with van der Waals surface area (Å²) in [5, 5.41) is 21.7. The number of hydrogen-bond donors (Lipinski definition) is 0. The molecule has 0 aliphatic heterocycles. The molecule has 0 radical (unpaired) electrons. The molecule has 0 heterocycles. The Morgan fingerprint density at radius 2 is 1.54 bits per heavy atom. The first-order valence-electron chi connectivity index (χ1n) is 6.45. The third kappa shape index (κ3) is 3.65. The molecule has 0 aliphatic rings. The Kier molecular flexibility index (Phi) is 5.40. The molecule has 0 amide bonds. The van der Waals surface area contributed by atoms with E-state index in [2.05, 4.69) is 0 Å². The molecule has 0 bridgehead atoms. The zero-order valence-corrected chi connectivity index (χ0v) is 14.0. The lowest BCUT2D eigenvalue weighted by Gasteiger charge is -2.08. The van der Waals surface area contributed by atoms with Crippen molar-refractivity contribution in [2.24, 2.45) is 0 Å². The molecule has 0 N–H and O–H groups in total. The number of nitro groups is 2. The van der Waals surface area contributed by atoms with Crippen LogP contribution in [-0.2, 0) is 0 Å². The number of nitrogens with zero attached hydrogens (tertiary/aromatic N) is 2. The molecule has 0 saturated heterocycles. The van der Waals surface area contributed by atoms with E-state index in [9.17, 15) is 29.0 Å². The highest BCUT2D eigenvalue weighted by Crippen LogP contribution is 2.43. The number of nitro benzene ring substituents is 2. The summed E-state index contributed by atoms with van der Waals surface area (Å²) < 4.78 is 27.0. The van der Waals surface area contributed by atoms with Gasteiger partial charge < -0.3 is 0 Å². The molecule has 24 heavy (non-hydrogen) atoms. The first kappa shape index (κ1) is 18.1. The van der Waals surface area contributed by atoms with Crippen LogP contribution in [0.15, 0.2) is 34.1 Å². The van der Waals surface area contributed by atoms with Crippen molar-refractivity contribution in [3.63, 3.8) is 0 Å². The lowest BCUT2D eigenvalue weighted by Crippen LogP contribution is -1.97. The van der Waals surface area contributed by atoms with Gasteiger partial charge in [0.15, 0.2) is 0 Å². The second kappa shape index (κ2) is 7.14. The molecule has 10 heteroatoms. The molecule has 2 rings (SSSR count). The molecule has 2 aromatic carbocycles. The Bertz CT molecular complexity index is 844. The zero-order chi connectivity index (χ0) is 18.0. The van der Waals surface area contributed by atoms with E-state index in [0.717, 1.165) is 39.8 Å². The van der Waals surface area contributed by atoms with Gasteiger partial charge in [-0.15, -0.1) is 0 Å². The number of rotatable bonds is 5. The van der Waals surface area contributed by atoms with E-state index in [0.29, 0.717) is 15.4 Å². The average molecular weight is 372 g/mol. The molecule has 0 saturated carbocycles. The highest BCUT2D eigenvalue weighted by molar-refractivity contribution is 8.76. The summed E-state index contributed by atoms with van der Waals surface area (Å²) in [6.45, 7) is 3.01. The van der Waals surface area contributed by atoms with Gasteiger partial charge in [0.2, 0.25) is 11.6 Å². The molecule has 0 aliphatic carbocycles. The molecule has 126 valence electrons. The van der Waals surface area contributed by atoms with Crippen molar-refractivity contribution >= 4 is 33.0 Å². The zero-order valence-electron chi connectivity index (χ0n) is 12.4. The molecule has 6 nitrogen and oxygen atoms in total. The minimum atomic E-state index is -0.930. The molecule has 0 atom stereocenters. The normalized spacial score (nSPS) is 10.7. The van der Waals surface area contributed by atoms with E-state index in [-0.39, 0.29) is 5.56 Å². The van der Waals surface area contributed by atoms with Crippen LogP contribution in [-0.4, -0.2) is 9.85 Å². The van der Waals surface area contributed by atoms with Gasteiger partial charge in [0.25, 0.3) is 0 Å². The fourth-order valence-corrected chi connectivity index (χ4v) is 4.42. The van der Waals surface area contributed by atoms with Gasteiger partial charge >= 0.3 is 11.4 Å². The molecule has 0 fully saturated rings. The van der Waals surface area contributed by atoms with Crippen LogP contribution in [0.1, 0.15) is 11.1 Å². The van der Waals surface area contributed by atoms with Crippen LogP contribution in [0.4, 0.5) is 20.2 Å². The highest BCUT2D eigenvalue weighted by atomic mass is 33.1. The van der Waals surface area contributed by atoms with Crippen LogP contribution in [0.2, 0.25) is 0 Å². The maximum Gasteiger partial charge on any atom is 0.308 e. The molecular weight excluding hydrogens is 362 g/mol. The van der Waals surface area contributed by atoms with Gasteiger partial charge in [-0.25, -0.2) is 0 Å². The summed E-state index contributed by atoms with van der Waals surface area (Å²) in [6, 6.07) is 4.55. The summed E-state index contributed by atoms with van der Waals surface area (Å²) in [5.41, 5.74) is -0.607. The molecule has 0 spiro atoms. The average Bonchev–Trinajstić information content (AvgIpc) is 2.47. The largest absolute Gasteiger partial charge is 0.308 e. The maximum absolute atomic E-state index is 13.5. The number of hydrogen-bond acceptors (Lipinski definition) is 6. The predicted molar refractivity (Wildman–Crippen MR) is 87.3 cm³/mol. The van der Waals surface area contributed by atoms with E-state index in [1.807, 2.05) is 0 Å². The number of aryl methyl sites for hydroxylation is 1. The summed E-state index contributed by atoms with van der Waals surface area (Å²) in [4.78, 5) is 21.0. The standard InChI is InChI=1S/C14H10F2N2O4S2/c1-7-5-10(16)11(17(19)20)6-13(7)24-23-12-4-3-9(15)14(8(12)2)18(21)22/h3-6H,1-2H3. The van der Waals surface area contributed by atoms with E-state index in [4.69, 9.17) is 0 Å². The van der Waals surface area contributed by atoms with Crippen molar-refractivity contribution in [3.8, 4) is 0 Å². The lowest BCUT2D eigenvalue weighted by molar-refractivity contribution is -0.388. The van der Waals surface area contributed by atoms with Gasteiger partial charge in [-0.05, 0) is 37.6 Å². The van der Waals surface area contributed by atoms with Crippen LogP contribution < -0.4 is 0 Å². The van der Waals surface area contributed by atoms with Crippen molar-refractivity contribution in [2.75, 3.05) is 0 Å². The fraction of sp³-hybridized carbons (Fsp3) is 0.143. The Hall–Kier alpha value is -2.20. The van der Waals surface area contributed by atoms with Crippen LogP contribution >= 0.6 is 21.6 Å². The van der Waals surface area contributed by atoms with Crippen molar-refractivity contribution < 1.29 is 18.6 Å². The quantitative estimate of drug-likeness (QED) is 0.407. The second-order valence-corrected chi connectivity index (χ2v) is 6.98. The van der Waals surface area contributed by atoms with E-state index >= 15 is 0 Å². The summed E-state index contributed by atoms with van der Waals surface area (Å²) >= 11 is 0. The lowest BCUT2D eigenvalue weighted by atomic mass is 10.2. The maximum atomic E-state index is 13.5. The van der Waals surface area contributed by atoms with Gasteiger partial charge in [0.1, 0.15) is 0 Å². The Labute approximate surface area is 143 Å². The topological polar surface area (TPSA) is 86.3 Å². The predicted octanol–water partition coefficient (Wildman–Crippen LogP) is 5.20. The van der Waals surface area contributed by atoms with E-state index in [1.165, 1.54) is 13.0 Å².